The average molecular weight is 485 g/mol. The third-order valence-corrected chi connectivity index (χ3v) is 7.08. The van der Waals surface area contributed by atoms with Gasteiger partial charge in [0.05, 0.1) is 17.8 Å². The molecule has 0 unspecified atom stereocenters. The van der Waals surface area contributed by atoms with Crippen LogP contribution in [0.3, 0.4) is 0 Å². The van der Waals surface area contributed by atoms with Gasteiger partial charge in [0, 0.05) is 33.9 Å². The number of ether oxygens (including phenoxy) is 1. The van der Waals surface area contributed by atoms with Gasteiger partial charge in [-0.15, -0.1) is 0 Å². The summed E-state index contributed by atoms with van der Waals surface area (Å²) < 4.78 is 8.28. The quantitative estimate of drug-likeness (QED) is 0.233. The van der Waals surface area contributed by atoms with Crippen LogP contribution in [0.2, 0.25) is 0 Å². The van der Waals surface area contributed by atoms with Gasteiger partial charge < -0.3 is 9.30 Å². The fraction of sp³-hybridized carbons (Fsp3) is 0.121. The summed E-state index contributed by atoms with van der Waals surface area (Å²) in [5.74, 6) is 0.873. The minimum Gasteiger partial charge on any atom is -0.492 e. The van der Waals surface area contributed by atoms with Crippen molar-refractivity contribution in [1.29, 1.82) is 0 Å². The number of fused-ring (bicyclic) bond motifs is 2. The predicted octanol–water partition coefficient (Wildman–Crippen LogP) is 7.56. The summed E-state index contributed by atoms with van der Waals surface area (Å²) in [5, 5.41) is 1.12. The molecule has 0 aliphatic carbocycles. The zero-order valence-corrected chi connectivity index (χ0v) is 21.0. The number of hydrogen-bond donors (Lipinski definition) is 0. The number of para-hydroxylation sites is 3. The van der Waals surface area contributed by atoms with Crippen molar-refractivity contribution in [2.75, 3.05) is 11.5 Å². The van der Waals surface area contributed by atoms with E-state index in [4.69, 9.17) is 4.74 Å². The molecular formula is C33H28N2O2. The number of aromatic nitrogens is 1. The summed E-state index contributed by atoms with van der Waals surface area (Å²) in [7, 11) is 0. The molecule has 2 heterocycles. The summed E-state index contributed by atoms with van der Waals surface area (Å²) >= 11 is 0. The molecule has 0 bridgehead atoms. The molecule has 5 aromatic rings. The smallest absolute Gasteiger partial charge is 0.263 e. The van der Waals surface area contributed by atoms with Crippen LogP contribution in [0.15, 0.2) is 103 Å². The number of aryl methyl sites for hydroxylation is 2. The Morgan fingerprint density at radius 2 is 1.57 bits per heavy atom. The standard InChI is InChI=1S/C33H28N2O2/c1-23-16-17-27(20-24(23)2)37-19-18-34-22-25(28-12-6-8-14-31(28)34)21-30-29-13-7-9-15-32(29)35(33(30)36)26-10-4-3-5-11-26/h3-17,20-22H,18-19H2,1-2H3. The molecule has 4 heteroatoms. The minimum absolute atomic E-state index is 0.0118. The van der Waals surface area contributed by atoms with Crippen LogP contribution in [-0.4, -0.2) is 17.1 Å². The number of amides is 1. The zero-order chi connectivity index (χ0) is 25.4. The molecule has 0 fully saturated rings. The highest BCUT2D eigenvalue weighted by Crippen LogP contribution is 2.42. The van der Waals surface area contributed by atoms with E-state index in [1.807, 2.05) is 78.9 Å². The van der Waals surface area contributed by atoms with E-state index in [9.17, 15) is 4.79 Å². The van der Waals surface area contributed by atoms with E-state index in [1.165, 1.54) is 11.1 Å². The van der Waals surface area contributed by atoms with Gasteiger partial charge in [-0.3, -0.25) is 9.69 Å². The van der Waals surface area contributed by atoms with Gasteiger partial charge >= 0.3 is 0 Å². The number of anilines is 2. The Bertz CT molecular complexity index is 1650. The Hall–Kier alpha value is -4.57. The fourth-order valence-corrected chi connectivity index (χ4v) is 5.01. The molecular weight excluding hydrogens is 456 g/mol. The molecule has 0 saturated heterocycles. The van der Waals surface area contributed by atoms with Crippen LogP contribution < -0.4 is 9.64 Å². The number of carbonyl (C=O) groups is 1. The van der Waals surface area contributed by atoms with Crippen LogP contribution in [0, 0.1) is 13.8 Å². The van der Waals surface area contributed by atoms with Crippen LogP contribution >= 0.6 is 0 Å². The van der Waals surface area contributed by atoms with E-state index in [2.05, 4.69) is 48.9 Å². The van der Waals surface area contributed by atoms with Crippen LogP contribution in [0.25, 0.3) is 22.6 Å². The van der Waals surface area contributed by atoms with Gasteiger partial charge in [0.2, 0.25) is 0 Å². The summed E-state index contributed by atoms with van der Waals surface area (Å²) in [6, 6.07) is 32.3. The highest BCUT2D eigenvalue weighted by molar-refractivity contribution is 6.38. The Morgan fingerprint density at radius 1 is 0.811 bits per heavy atom. The molecule has 0 spiro atoms. The first-order chi connectivity index (χ1) is 18.1. The Kier molecular flexibility index (Phi) is 5.85. The van der Waals surface area contributed by atoms with Gasteiger partial charge in [-0.05, 0) is 67.4 Å². The van der Waals surface area contributed by atoms with Gasteiger partial charge in [-0.1, -0.05) is 60.7 Å². The Morgan fingerprint density at radius 3 is 2.41 bits per heavy atom. The Balaban J connectivity index is 1.34. The molecule has 0 radical (unpaired) electrons. The summed E-state index contributed by atoms with van der Waals surface area (Å²) in [6.45, 7) is 5.47. The van der Waals surface area contributed by atoms with E-state index < -0.39 is 0 Å². The zero-order valence-electron chi connectivity index (χ0n) is 21.0. The van der Waals surface area contributed by atoms with Gasteiger partial charge in [-0.2, -0.15) is 0 Å². The van der Waals surface area contributed by atoms with Crippen LogP contribution in [0.5, 0.6) is 5.75 Å². The van der Waals surface area contributed by atoms with Crippen LogP contribution in [0.4, 0.5) is 11.4 Å². The van der Waals surface area contributed by atoms with Crippen molar-refractivity contribution >= 4 is 39.8 Å². The number of carbonyl (C=O) groups excluding carboxylic acids is 1. The normalized spacial score (nSPS) is 13.9. The van der Waals surface area contributed by atoms with Crippen molar-refractivity contribution in [2.24, 2.45) is 0 Å². The Labute approximate surface area is 217 Å². The van der Waals surface area contributed by atoms with Gasteiger partial charge in [0.15, 0.2) is 0 Å². The van der Waals surface area contributed by atoms with Gasteiger partial charge in [0.25, 0.3) is 5.91 Å². The molecule has 4 nitrogen and oxygen atoms in total. The van der Waals surface area contributed by atoms with Crippen LogP contribution in [0.1, 0.15) is 22.3 Å². The third-order valence-electron chi connectivity index (χ3n) is 7.08. The van der Waals surface area contributed by atoms with E-state index in [-0.39, 0.29) is 5.91 Å². The lowest BCUT2D eigenvalue weighted by atomic mass is 10.0. The first-order valence-electron chi connectivity index (χ1n) is 12.6. The van der Waals surface area contributed by atoms with Crippen molar-refractivity contribution in [3.63, 3.8) is 0 Å². The van der Waals surface area contributed by atoms with Gasteiger partial charge in [-0.25, -0.2) is 0 Å². The van der Waals surface area contributed by atoms with Crippen molar-refractivity contribution in [1.82, 2.24) is 4.57 Å². The van der Waals surface area contributed by atoms with Crippen molar-refractivity contribution in [3.05, 3.63) is 126 Å². The lowest BCUT2D eigenvalue weighted by Gasteiger charge is -2.16. The second-order valence-electron chi connectivity index (χ2n) is 9.44. The molecule has 1 aromatic heterocycles. The molecule has 182 valence electrons. The number of rotatable bonds is 6. The molecule has 0 N–H and O–H groups in total. The van der Waals surface area contributed by atoms with Crippen molar-refractivity contribution < 1.29 is 9.53 Å². The molecule has 1 aliphatic heterocycles. The number of nitrogens with zero attached hydrogens (tertiary/aromatic N) is 2. The van der Waals surface area contributed by atoms with Crippen molar-refractivity contribution in [2.45, 2.75) is 20.4 Å². The highest BCUT2D eigenvalue weighted by Gasteiger charge is 2.33. The second-order valence-corrected chi connectivity index (χ2v) is 9.44. The number of hydrogen-bond acceptors (Lipinski definition) is 2. The summed E-state index contributed by atoms with van der Waals surface area (Å²) in [6.07, 6.45) is 4.16. The van der Waals surface area contributed by atoms with E-state index in [0.29, 0.717) is 18.7 Å². The average Bonchev–Trinajstić information content (AvgIpc) is 3.41. The fourth-order valence-electron chi connectivity index (χ4n) is 5.01. The molecule has 1 amide bonds. The maximum Gasteiger partial charge on any atom is 0.263 e. The monoisotopic (exact) mass is 484 g/mol. The lowest BCUT2D eigenvalue weighted by molar-refractivity contribution is -0.112. The van der Waals surface area contributed by atoms with E-state index >= 15 is 0 Å². The molecule has 6 rings (SSSR count). The third kappa shape index (κ3) is 4.21. The van der Waals surface area contributed by atoms with Crippen LogP contribution in [-0.2, 0) is 11.3 Å². The molecule has 0 saturated carbocycles. The largest absolute Gasteiger partial charge is 0.492 e. The molecule has 1 aliphatic rings. The summed E-state index contributed by atoms with van der Waals surface area (Å²) in [4.78, 5) is 15.5. The minimum atomic E-state index is -0.0118. The summed E-state index contributed by atoms with van der Waals surface area (Å²) in [5.41, 5.74) is 8.07. The molecule has 4 aromatic carbocycles. The molecule has 0 atom stereocenters. The maximum absolute atomic E-state index is 13.7. The first kappa shape index (κ1) is 22.9. The SMILES string of the molecule is Cc1ccc(OCCn2cc(C=C3C(=O)N(c4ccccc4)c4ccccc43)c3ccccc32)cc1C. The predicted molar refractivity (Wildman–Crippen MR) is 151 cm³/mol. The topological polar surface area (TPSA) is 34.5 Å². The lowest BCUT2D eigenvalue weighted by Crippen LogP contribution is -2.20. The molecule has 37 heavy (non-hydrogen) atoms. The van der Waals surface area contributed by atoms with Gasteiger partial charge in [0.1, 0.15) is 12.4 Å². The van der Waals surface area contributed by atoms with Crippen molar-refractivity contribution in [3.8, 4) is 5.75 Å². The first-order valence-corrected chi connectivity index (χ1v) is 12.6. The number of benzene rings is 4. The highest BCUT2D eigenvalue weighted by atomic mass is 16.5. The maximum atomic E-state index is 13.7. The van der Waals surface area contributed by atoms with E-state index in [0.717, 1.165) is 39.2 Å². The van der Waals surface area contributed by atoms with E-state index in [1.54, 1.807) is 4.90 Å². The second kappa shape index (κ2) is 9.47.